The maximum absolute atomic E-state index is 5.14. The molecule has 0 aliphatic carbocycles. The fourth-order valence-electron chi connectivity index (χ4n) is 10.2. The molecule has 0 fully saturated rings. The first-order valence-electron chi connectivity index (χ1n) is 23.2. The molecule has 0 aliphatic heterocycles. The molecule has 0 saturated heterocycles. The fraction of sp³-hybridized carbons (Fsp3) is 0. The van der Waals surface area contributed by atoms with E-state index in [9.17, 15) is 0 Å². The maximum atomic E-state index is 5.14. The predicted molar refractivity (Wildman–Crippen MR) is 283 cm³/mol. The molecule has 0 N–H and O–H groups in total. The van der Waals surface area contributed by atoms with Gasteiger partial charge in [-0.3, -0.25) is 0 Å². The topological polar surface area (TPSA) is 35.6 Å². The van der Waals surface area contributed by atoms with Crippen LogP contribution in [0.25, 0.3) is 122 Å². The summed E-state index contributed by atoms with van der Waals surface area (Å²) in [5, 5.41) is 4.86. The lowest BCUT2D eigenvalue weighted by atomic mass is 9.96. The molecule has 13 aromatic rings. The molecule has 4 aromatic heterocycles. The number of hydrogen-bond donors (Lipinski definition) is 0. The van der Waals surface area contributed by atoms with Crippen molar-refractivity contribution in [2.45, 2.75) is 0 Å². The van der Waals surface area contributed by atoms with Crippen molar-refractivity contribution in [3.63, 3.8) is 0 Å². The Kier molecular flexibility index (Phi) is 9.47. The van der Waals surface area contributed by atoms with Crippen molar-refractivity contribution in [1.82, 2.24) is 19.1 Å². The van der Waals surface area contributed by atoms with Gasteiger partial charge in [0.25, 0.3) is 0 Å². The van der Waals surface area contributed by atoms with Gasteiger partial charge in [0.1, 0.15) is 0 Å². The van der Waals surface area contributed by atoms with Gasteiger partial charge in [0.05, 0.1) is 44.8 Å². The molecule has 0 unspecified atom stereocenters. The molecule has 0 aliphatic rings. The summed E-state index contributed by atoms with van der Waals surface area (Å²) in [6.07, 6.45) is 0. The first kappa shape index (κ1) is 39.3. The smallest absolute Gasteiger partial charge is 0.0710 e. The third kappa shape index (κ3) is 6.69. The number of hydrogen-bond acceptors (Lipinski definition) is 2. The molecular formula is C64H42N4. The summed E-state index contributed by atoms with van der Waals surface area (Å²) in [7, 11) is 0. The monoisotopic (exact) mass is 866 g/mol. The zero-order valence-corrected chi connectivity index (χ0v) is 37.0. The van der Waals surface area contributed by atoms with Gasteiger partial charge in [0.15, 0.2) is 0 Å². The van der Waals surface area contributed by atoms with Crippen LogP contribution >= 0.6 is 0 Å². The van der Waals surface area contributed by atoms with E-state index < -0.39 is 0 Å². The van der Waals surface area contributed by atoms with Gasteiger partial charge >= 0.3 is 0 Å². The number of para-hydroxylation sites is 4. The molecule has 0 bridgehead atoms. The Labute approximate surface area is 394 Å². The SMILES string of the molecule is c1ccc(-c2cccc(-c3cccc(-n4c5ccccc5c5cccc(-c6cccc(-c7cccc8c9ccccc9n(-c9cccc(-c%10cccc(-c%11ccccc%11)n%10)c9)c78)c6)c54)c3)n2)cc1. The van der Waals surface area contributed by atoms with E-state index in [0.717, 1.165) is 78.6 Å². The fourth-order valence-corrected chi connectivity index (χ4v) is 10.2. The summed E-state index contributed by atoms with van der Waals surface area (Å²) >= 11 is 0. The summed E-state index contributed by atoms with van der Waals surface area (Å²) in [6.45, 7) is 0. The van der Waals surface area contributed by atoms with Gasteiger partial charge in [-0.1, -0.05) is 188 Å². The minimum atomic E-state index is 0.939. The van der Waals surface area contributed by atoms with Crippen LogP contribution in [0.3, 0.4) is 0 Å². The molecule has 4 nitrogen and oxygen atoms in total. The van der Waals surface area contributed by atoms with Gasteiger partial charge in [-0.05, 0) is 77.9 Å². The van der Waals surface area contributed by atoms with Gasteiger partial charge in [-0.15, -0.1) is 0 Å². The largest absolute Gasteiger partial charge is 0.309 e. The van der Waals surface area contributed by atoms with Crippen LogP contribution in [-0.4, -0.2) is 19.1 Å². The highest BCUT2D eigenvalue weighted by molar-refractivity contribution is 6.15. The highest BCUT2D eigenvalue weighted by Crippen LogP contribution is 2.42. The Hall–Kier alpha value is -9.12. The first-order valence-corrected chi connectivity index (χ1v) is 23.2. The normalized spacial score (nSPS) is 11.5. The number of aromatic nitrogens is 4. The van der Waals surface area contributed by atoms with Crippen LogP contribution in [0.2, 0.25) is 0 Å². The average molecular weight is 867 g/mol. The summed E-state index contributed by atoms with van der Waals surface area (Å²) in [4.78, 5) is 10.3. The molecule has 9 aromatic carbocycles. The highest BCUT2D eigenvalue weighted by Gasteiger charge is 2.20. The van der Waals surface area contributed by atoms with E-state index in [0.29, 0.717) is 0 Å². The lowest BCUT2D eigenvalue weighted by molar-refractivity contribution is 1.18. The van der Waals surface area contributed by atoms with E-state index in [2.05, 4.69) is 252 Å². The maximum Gasteiger partial charge on any atom is 0.0710 e. The quantitative estimate of drug-likeness (QED) is 0.153. The Morgan fingerprint density at radius 1 is 0.235 bits per heavy atom. The standard InChI is InChI=1S/C64H42N4/c1-3-18-43(19-4-1)57-34-16-36-59(65-57)47-24-12-26-49(41-47)67-61-38-9-7-28-53(61)55-32-14-30-51(63(55)67)45-22-11-23-46(40-45)52-31-15-33-56-54-29-8-10-39-62(54)68(64(52)56)50-27-13-25-48(42-50)60-37-17-35-58(66-60)44-20-5-2-6-21-44/h1-42H. The molecule has 4 heteroatoms. The van der Waals surface area contributed by atoms with Crippen LogP contribution in [0.1, 0.15) is 0 Å². The zero-order valence-electron chi connectivity index (χ0n) is 37.0. The van der Waals surface area contributed by atoms with Gasteiger partial charge < -0.3 is 9.13 Å². The second-order valence-corrected chi connectivity index (χ2v) is 17.3. The first-order chi connectivity index (χ1) is 33.7. The number of nitrogens with zero attached hydrogens (tertiary/aromatic N) is 4. The second kappa shape index (κ2) is 16.4. The second-order valence-electron chi connectivity index (χ2n) is 17.3. The van der Waals surface area contributed by atoms with E-state index in [1.807, 2.05) is 12.1 Å². The molecule has 0 spiro atoms. The Morgan fingerprint density at radius 3 is 1.04 bits per heavy atom. The number of benzene rings is 9. The molecule has 0 saturated carbocycles. The number of fused-ring (bicyclic) bond motifs is 6. The van der Waals surface area contributed by atoms with E-state index in [1.165, 1.54) is 43.7 Å². The van der Waals surface area contributed by atoms with Crippen molar-refractivity contribution in [3.05, 3.63) is 255 Å². The molecule has 0 atom stereocenters. The zero-order chi connectivity index (χ0) is 45.0. The molecule has 0 radical (unpaired) electrons. The summed E-state index contributed by atoms with van der Waals surface area (Å²) < 4.78 is 4.88. The van der Waals surface area contributed by atoms with Gasteiger partial charge in [-0.2, -0.15) is 0 Å². The van der Waals surface area contributed by atoms with Gasteiger partial charge in [0.2, 0.25) is 0 Å². The van der Waals surface area contributed by atoms with Crippen LogP contribution in [-0.2, 0) is 0 Å². The third-order valence-corrected chi connectivity index (χ3v) is 13.3. The molecule has 0 amide bonds. The summed E-state index contributed by atoms with van der Waals surface area (Å²) in [5.41, 5.74) is 19.6. The van der Waals surface area contributed by atoms with Crippen LogP contribution < -0.4 is 0 Å². The van der Waals surface area contributed by atoms with Gasteiger partial charge in [-0.25, -0.2) is 9.97 Å². The van der Waals surface area contributed by atoms with Crippen LogP contribution in [0.4, 0.5) is 0 Å². The summed E-state index contributed by atoms with van der Waals surface area (Å²) in [6, 6.07) is 91.1. The molecule has 4 heterocycles. The molecule has 13 rings (SSSR count). The van der Waals surface area contributed by atoms with E-state index >= 15 is 0 Å². The Balaban J connectivity index is 0.960. The Morgan fingerprint density at radius 2 is 0.574 bits per heavy atom. The summed E-state index contributed by atoms with van der Waals surface area (Å²) in [5.74, 6) is 0. The van der Waals surface area contributed by atoms with Crippen molar-refractivity contribution < 1.29 is 0 Å². The predicted octanol–water partition coefficient (Wildman–Crippen LogP) is 16.7. The van der Waals surface area contributed by atoms with Crippen LogP contribution in [0, 0.1) is 0 Å². The number of pyridine rings is 2. The Bertz CT molecular complexity index is 3770. The highest BCUT2D eigenvalue weighted by atomic mass is 15.0. The molecular weight excluding hydrogens is 825 g/mol. The number of rotatable bonds is 8. The molecule has 68 heavy (non-hydrogen) atoms. The van der Waals surface area contributed by atoms with Gasteiger partial charge in [0, 0.05) is 66.3 Å². The van der Waals surface area contributed by atoms with Crippen LogP contribution in [0.15, 0.2) is 255 Å². The van der Waals surface area contributed by atoms with Crippen molar-refractivity contribution in [2.24, 2.45) is 0 Å². The lowest BCUT2D eigenvalue weighted by Crippen LogP contribution is -1.97. The van der Waals surface area contributed by atoms with E-state index in [1.54, 1.807) is 0 Å². The minimum absolute atomic E-state index is 0.939. The third-order valence-electron chi connectivity index (χ3n) is 13.3. The van der Waals surface area contributed by atoms with E-state index in [4.69, 9.17) is 9.97 Å². The minimum Gasteiger partial charge on any atom is -0.309 e. The van der Waals surface area contributed by atoms with Crippen molar-refractivity contribution in [1.29, 1.82) is 0 Å². The van der Waals surface area contributed by atoms with E-state index in [-0.39, 0.29) is 0 Å². The van der Waals surface area contributed by atoms with Crippen molar-refractivity contribution >= 4 is 43.6 Å². The van der Waals surface area contributed by atoms with Crippen LogP contribution in [0.5, 0.6) is 0 Å². The molecule has 318 valence electrons. The average Bonchev–Trinajstić information content (AvgIpc) is 3.95. The van der Waals surface area contributed by atoms with Crippen molar-refractivity contribution in [3.8, 4) is 78.7 Å². The van der Waals surface area contributed by atoms with Crippen molar-refractivity contribution in [2.75, 3.05) is 0 Å². The lowest BCUT2D eigenvalue weighted by Gasteiger charge is -2.15.